The van der Waals surface area contributed by atoms with Crippen LogP contribution in [0.3, 0.4) is 0 Å². The molecule has 0 saturated carbocycles. The van der Waals surface area contributed by atoms with Crippen molar-refractivity contribution in [1.82, 2.24) is 5.32 Å². The predicted octanol–water partition coefficient (Wildman–Crippen LogP) is 4.32. The number of fused-ring (bicyclic) bond motifs is 7. The van der Waals surface area contributed by atoms with E-state index < -0.39 is 0 Å². The second-order valence-electron chi connectivity index (χ2n) is 5.57. The number of hydrogen-bond acceptors (Lipinski definition) is 3. The molecule has 1 nitrogen and oxygen atoms in total. The molecule has 1 aromatic carbocycles. The maximum absolute atomic E-state index is 3.89. The Morgan fingerprint density at radius 2 is 2.21 bits per heavy atom. The van der Waals surface area contributed by atoms with Crippen LogP contribution in [0.5, 0.6) is 0 Å². The molecule has 98 valence electrons. The van der Waals surface area contributed by atoms with Crippen molar-refractivity contribution >= 4 is 23.1 Å². The van der Waals surface area contributed by atoms with Crippen LogP contribution < -0.4 is 5.32 Å². The second kappa shape index (κ2) is 4.11. The Kier molecular flexibility index (Phi) is 2.60. The van der Waals surface area contributed by atoms with Crippen LogP contribution in [0.1, 0.15) is 41.0 Å². The summed E-state index contributed by atoms with van der Waals surface area (Å²) in [6.07, 6.45) is 4.59. The van der Waals surface area contributed by atoms with Crippen LogP contribution in [-0.4, -0.2) is 6.26 Å². The first-order valence-electron chi connectivity index (χ1n) is 6.76. The van der Waals surface area contributed by atoms with Gasteiger partial charge in [0.1, 0.15) is 0 Å². The third-order valence-electron chi connectivity index (χ3n) is 4.48. The lowest BCUT2D eigenvalue weighted by molar-refractivity contribution is 0.428. The van der Waals surface area contributed by atoms with Gasteiger partial charge in [-0.05, 0) is 48.8 Å². The fraction of sp³-hybridized carbons (Fsp3) is 0.375. The topological polar surface area (TPSA) is 12.0 Å². The standard InChI is InChI=1S/C16H17NS2/c1-16-12-6-4-3-5-11(12)13(17-16)8-7-10-9-14(18-2)19-15(10)16/h3-6,9,13,17H,7-8H2,1-2H3. The Morgan fingerprint density at radius 3 is 3.05 bits per heavy atom. The molecule has 2 bridgehead atoms. The summed E-state index contributed by atoms with van der Waals surface area (Å²) in [4.78, 5) is 1.53. The van der Waals surface area contributed by atoms with Gasteiger partial charge in [0.2, 0.25) is 0 Å². The van der Waals surface area contributed by atoms with Crippen molar-refractivity contribution in [2.75, 3.05) is 6.26 Å². The number of thioether (sulfide) groups is 1. The number of benzene rings is 1. The van der Waals surface area contributed by atoms with Crippen molar-refractivity contribution in [2.24, 2.45) is 0 Å². The van der Waals surface area contributed by atoms with Crippen LogP contribution in [0.15, 0.2) is 34.5 Å². The summed E-state index contributed by atoms with van der Waals surface area (Å²) >= 11 is 3.84. The lowest BCUT2D eigenvalue weighted by atomic mass is 9.86. The Bertz CT molecular complexity index is 646. The molecule has 1 N–H and O–H groups in total. The molecule has 0 radical (unpaired) electrons. The van der Waals surface area contributed by atoms with Crippen LogP contribution >= 0.6 is 23.1 Å². The van der Waals surface area contributed by atoms with Crippen molar-refractivity contribution < 1.29 is 0 Å². The Hall–Kier alpha value is -0.770. The van der Waals surface area contributed by atoms with Crippen LogP contribution in [0.4, 0.5) is 0 Å². The molecule has 4 rings (SSSR count). The summed E-state index contributed by atoms with van der Waals surface area (Å²) < 4.78 is 1.44. The van der Waals surface area contributed by atoms with E-state index in [-0.39, 0.29) is 5.54 Å². The lowest BCUT2D eigenvalue weighted by Crippen LogP contribution is -2.34. The summed E-state index contributed by atoms with van der Waals surface area (Å²) in [6, 6.07) is 11.9. The smallest absolute Gasteiger partial charge is 0.0766 e. The van der Waals surface area contributed by atoms with E-state index in [1.807, 2.05) is 23.1 Å². The molecule has 1 aromatic heterocycles. The summed E-state index contributed by atoms with van der Waals surface area (Å²) in [5.74, 6) is 0. The minimum atomic E-state index is 0.0196. The first-order chi connectivity index (χ1) is 9.22. The molecule has 19 heavy (non-hydrogen) atoms. The SMILES string of the molecule is CSc1cc2c(s1)C1(C)NC(CC2)c2ccccc21. The third kappa shape index (κ3) is 1.58. The number of nitrogens with one attached hydrogen (secondary N) is 1. The maximum atomic E-state index is 3.89. The summed E-state index contributed by atoms with van der Waals surface area (Å²) in [5, 5.41) is 3.89. The van der Waals surface area contributed by atoms with Crippen LogP contribution in [0.25, 0.3) is 0 Å². The van der Waals surface area contributed by atoms with Gasteiger partial charge >= 0.3 is 0 Å². The molecule has 0 fully saturated rings. The second-order valence-corrected chi connectivity index (χ2v) is 7.73. The van der Waals surface area contributed by atoms with Gasteiger partial charge < -0.3 is 0 Å². The normalized spacial score (nSPS) is 27.8. The monoisotopic (exact) mass is 287 g/mol. The average Bonchev–Trinajstić information content (AvgIpc) is 2.94. The first-order valence-corrected chi connectivity index (χ1v) is 8.81. The number of hydrogen-bond donors (Lipinski definition) is 1. The molecule has 0 aliphatic carbocycles. The highest BCUT2D eigenvalue weighted by molar-refractivity contribution is 8.00. The van der Waals surface area contributed by atoms with Gasteiger partial charge in [0.15, 0.2) is 0 Å². The zero-order valence-corrected chi connectivity index (χ0v) is 12.8. The Labute approximate surface area is 122 Å². The number of rotatable bonds is 1. The van der Waals surface area contributed by atoms with Crippen LogP contribution in [0, 0.1) is 0 Å². The highest BCUT2D eigenvalue weighted by atomic mass is 32.2. The molecule has 2 aliphatic heterocycles. The van der Waals surface area contributed by atoms with Gasteiger partial charge in [-0.2, -0.15) is 0 Å². The van der Waals surface area contributed by atoms with Gasteiger partial charge in [0.25, 0.3) is 0 Å². The van der Waals surface area contributed by atoms with Crippen molar-refractivity contribution in [2.45, 2.75) is 35.6 Å². The van der Waals surface area contributed by atoms with Crippen molar-refractivity contribution in [1.29, 1.82) is 0 Å². The summed E-state index contributed by atoms with van der Waals surface area (Å²) in [5.41, 5.74) is 4.57. The molecular formula is C16H17NS2. The zero-order chi connectivity index (χ0) is 13.0. The highest BCUT2D eigenvalue weighted by Gasteiger charge is 2.44. The van der Waals surface area contributed by atoms with E-state index in [0.717, 1.165) is 0 Å². The zero-order valence-electron chi connectivity index (χ0n) is 11.2. The molecule has 3 heteroatoms. The maximum Gasteiger partial charge on any atom is 0.0766 e. The molecule has 2 atom stereocenters. The molecule has 0 spiro atoms. The molecular weight excluding hydrogens is 270 g/mol. The van der Waals surface area contributed by atoms with Crippen molar-refractivity contribution in [3.05, 3.63) is 51.9 Å². The lowest BCUT2D eigenvalue weighted by Gasteiger charge is -2.26. The molecule has 2 aliphatic rings. The van der Waals surface area contributed by atoms with Gasteiger partial charge in [-0.25, -0.2) is 0 Å². The van der Waals surface area contributed by atoms with Gasteiger partial charge in [-0.1, -0.05) is 24.3 Å². The van der Waals surface area contributed by atoms with Gasteiger partial charge in [-0.15, -0.1) is 23.1 Å². The fourth-order valence-electron chi connectivity index (χ4n) is 3.59. The largest absolute Gasteiger partial charge is 0.296 e. The van der Waals surface area contributed by atoms with Crippen LogP contribution in [0.2, 0.25) is 0 Å². The molecule has 0 saturated heterocycles. The third-order valence-corrected chi connectivity index (χ3v) is 6.95. The highest BCUT2D eigenvalue weighted by Crippen LogP contribution is 2.50. The molecule has 0 amide bonds. The van der Waals surface area contributed by atoms with E-state index in [9.17, 15) is 0 Å². The van der Waals surface area contributed by atoms with E-state index in [2.05, 4.69) is 48.8 Å². The van der Waals surface area contributed by atoms with E-state index >= 15 is 0 Å². The quantitative estimate of drug-likeness (QED) is 0.784. The minimum Gasteiger partial charge on any atom is -0.296 e. The van der Waals surface area contributed by atoms with E-state index in [4.69, 9.17) is 0 Å². The van der Waals surface area contributed by atoms with Crippen molar-refractivity contribution in [3.63, 3.8) is 0 Å². The van der Waals surface area contributed by atoms with Crippen LogP contribution in [-0.2, 0) is 12.0 Å². The number of thiophene rings is 1. The van der Waals surface area contributed by atoms with E-state index in [1.54, 1.807) is 5.56 Å². The van der Waals surface area contributed by atoms with Gasteiger partial charge in [0, 0.05) is 10.9 Å². The predicted molar refractivity (Wildman–Crippen MR) is 83.2 cm³/mol. The first kappa shape index (κ1) is 12.0. The molecule has 3 heterocycles. The minimum absolute atomic E-state index is 0.0196. The number of aryl methyl sites for hydroxylation is 1. The summed E-state index contributed by atoms with van der Waals surface area (Å²) in [7, 11) is 0. The fourth-order valence-corrected chi connectivity index (χ4v) is 5.50. The molecule has 2 aromatic rings. The summed E-state index contributed by atoms with van der Waals surface area (Å²) in [6.45, 7) is 2.36. The van der Waals surface area contributed by atoms with E-state index in [0.29, 0.717) is 6.04 Å². The average molecular weight is 287 g/mol. The van der Waals surface area contributed by atoms with E-state index in [1.165, 1.54) is 33.1 Å². The van der Waals surface area contributed by atoms with Gasteiger partial charge in [-0.3, -0.25) is 5.32 Å². The van der Waals surface area contributed by atoms with Crippen molar-refractivity contribution in [3.8, 4) is 0 Å². The molecule has 2 unspecified atom stereocenters. The Balaban J connectivity index is 1.97. The van der Waals surface area contributed by atoms with Gasteiger partial charge in [0.05, 0.1) is 9.75 Å². The Morgan fingerprint density at radius 1 is 1.37 bits per heavy atom.